The molecule has 0 atom stereocenters. The smallest absolute Gasteiger partial charge is 0.306 e. The quantitative estimate of drug-likeness (QED) is 0.0568. The molecule has 1 N–H and O–H groups in total. The lowest BCUT2D eigenvalue weighted by molar-refractivity contribution is -0.145. The van der Waals surface area contributed by atoms with Crippen LogP contribution < -0.4 is 4.74 Å². The minimum Gasteiger partial charge on any atom is -0.507 e. The van der Waals surface area contributed by atoms with Crippen LogP contribution in [0, 0.1) is 0 Å². The second-order valence-electron chi connectivity index (χ2n) is 11.7. The molecule has 0 aliphatic rings. The molecule has 0 saturated carbocycles. The number of aromatic hydroxyl groups is 1. The molecule has 1 rings (SSSR count). The summed E-state index contributed by atoms with van der Waals surface area (Å²) in [6.07, 6.45) is 27.9. The molecule has 1 aromatic carbocycles. The fourth-order valence-electron chi connectivity index (χ4n) is 4.92. The molecule has 0 aromatic heterocycles. The third kappa shape index (κ3) is 16.6. The van der Waals surface area contributed by atoms with Crippen LogP contribution in [-0.4, -0.2) is 24.5 Å². The number of allylic oxidation sites excluding steroid dienone is 6. The van der Waals surface area contributed by atoms with Crippen LogP contribution in [0.2, 0.25) is 0 Å². The molecule has 0 aliphatic carbocycles. The number of rotatable bonds is 24. The van der Waals surface area contributed by atoms with Crippen LogP contribution in [0.15, 0.2) is 41.5 Å². The number of methoxy groups -OCH3 is 1. The standard InChI is InChI=1S/C37H58O5/c1-6-7-8-9-10-11-12-13-14-15-16-17-18-19-20-24-36(39)42-29-32-27-35(41-5)33(37(40)34(32)28-38)26-25-31(4)23-21-22-30(2)3/h13-14,22,25,27-28,40H,6-12,15-21,23-24,26,29H2,1-5H3/b14-13-,31-25+. The highest BCUT2D eigenvalue weighted by Crippen LogP contribution is 2.35. The third-order valence-electron chi connectivity index (χ3n) is 7.60. The van der Waals surface area contributed by atoms with Crippen LogP contribution in [0.3, 0.4) is 0 Å². The number of carbonyl (C=O) groups excluding carboxylic acids is 2. The lowest BCUT2D eigenvalue weighted by atomic mass is 9.98. The summed E-state index contributed by atoms with van der Waals surface area (Å²) in [6.45, 7) is 8.42. The number of unbranched alkanes of at least 4 members (excludes halogenated alkanes) is 11. The average molecular weight is 583 g/mol. The zero-order chi connectivity index (χ0) is 31.0. The summed E-state index contributed by atoms with van der Waals surface area (Å²) in [5.41, 5.74) is 3.65. The first-order valence-electron chi connectivity index (χ1n) is 16.3. The second kappa shape index (κ2) is 23.7. The Balaban J connectivity index is 2.39. The number of esters is 1. The summed E-state index contributed by atoms with van der Waals surface area (Å²) in [7, 11) is 1.53. The van der Waals surface area contributed by atoms with Crippen molar-refractivity contribution in [3.63, 3.8) is 0 Å². The van der Waals surface area contributed by atoms with Gasteiger partial charge in [0.25, 0.3) is 0 Å². The normalized spacial score (nSPS) is 11.6. The van der Waals surface area contributed by atoms with Gasteiger partial charge < -0.3 is 14.6 Å². The van der Waals surface area contributed by atoms with Gasteiger partial charge in [-0.3, -0.25) is 9.59 Å². The van der Waals surface area contributed by atoms with Crippen molar-refractivity contribution in [3.8, 4) is 11.5 Å². The van der Waals surface area contributed by atoms with E-state index in [0.717, 1.165) is 38.5 Å². The molecule has 5 nitrogen and oxygen atoms in total. The Bertz CT molecular complexity index is 998. The first-order chi connectivity index (χ1) is 20.3. The summed E-state index contributed by atoms with van der Waals surface area (Å²) in [4.78, 5) is 24.2. The van der Waals surface area contributed by atoms with Crippen LogP contribution in [0.5, 0.6) is 11.5 Å². The summed E-state index contributed by atoms with van der Waals surface area (Å²) < 4.78 is 11.0. The molecule has 0 amide bonds. The second-order valence-corrected chi connectivity index (χ2v) is 11.7. The summed E-state index contributed by atoms with van der Waals surface area (Å²) in [5.74, 6) is 0.0812. The molecule has 0 aliphatic heterocycles. The first kappa shape index (κ1) is 37.2. The Morgan fingerprint density at radius 3 is 2.05 bits per heavy atom. The Morgan fingerprint density at radius 1 is 0.833 bits per heavy atom. The van der Waals surface area contributed by atoms with Gasteiger partial charge in [0.15, 0.2) is 6.29 Å². The predicted molar refractivity (Wildman–Crippen MR) is 175 cm³/mol. The molecular weight excluding hydrogens is 524 g/mol. The van der Waals surface area contributed by atoms with Crippen LogP contribution >= 0.6 is 0 Å². The Kier molecular flexibility index (Phi) is 21.0. The number of ether oxygens (including phenoxy) is 2. The van der Waals surface area contributed by atoms with Crippen LogP contribution in [0.1, 0.15) is 152 Å². The number of hydrogen-bond acceptors (Lipinski definition) is 5. The SMILES string of the molecule is CCCCCCCC/C=C\CCCCCCCC(=O)OCc1cc(OC)c(C/C=C(\C)CCC=C(C)C)c(O)c1C=O. The first-order valence-corrected chi connectivity index (χ1v) is 16.3. The van der Waals surface area contributed by atoms with Gasteiger partial charge in [-0.25, -0.2) is 0 Å². The van der Waals surface area contributed by atoms with Crippen molar-refractivity contribution in [2.45, 2.75) is 143 Å². The van der Waals surface area contributed by atoms with Gasteiger partial charge in [-0.05, 0) is 78.2 Å². The van der Waals surface area contributed by atoms with Gasteiger partial charge in [0.1, 0.15) is 18.1 Å². The molecule has 0 heterocycles. The Hall–Kier alpha value is -2.82. The summed E-state index contributed by atoms with van der Waals surface area (Å²) in [6, 6.07) is 1.69. The highest BCUT2D eigenvalue weighted by molar-refractivity contribution is 5.83. The van der Waals surface area contributed by atoms with Gasteiger partial charge in [-0.2, -0.15) is 0 Å². The fourth-order valence-corrected chi connectivity index (χ4v) is 4.92. The lowest BCUT2D eigenvalue weighted by Crippen LogP contribution is -2.07. The van der Waals surface area contributed by atoms with E-state index in [9.17, 15) is 14.7 Å². The highest BCUT2D eigenvalue weighted by atomic mass is 16.5. The maximum atomic E-state index is 12.3. The molecule has 1 aromatic rings. The average Bonchev–Trinajstić information content (AvgIpc) is 2.97. The van der Waals surface area contributed by atoms with E-state index in [1.807, 2.05) is 0 Å². The van der Waals surface area contributed by atoms with E-state index >= 15 is 0 Å². The van der Waals surface area contributed by atoms with Crippen molar-refractivity contribution in [1.29, 1.82) is 0 Å². The van der Waals surface area contributed by atoms with Gasteiger partial charge in [0, 0.05) is 17.5 Å². The number of phenolic OH excluding ortho intramolecular Hbond substituents is 1. The van der Waals surface area contributed by atoms with Crippen molar-refractivity contribution in [3.05, 3.63) is 58.2 Å². The number of carbonyl (C=O) groups is 2. The molecular formula is C37H58O5. The minimum atomic E-state index is -0.290. The Morgan fingerprint density at radius 2 is 1.45 bits per heavy atom. The Labute approximate surface area is 256 Å². The van der Waals surface area contributed by atoms with E-state index in [1.165, 1.54) is 76.0 Å². The topological polar surface area (TPSA) is 72.8 Å². The zero-order valence-corrected chi connectivity index (χ0v) is 27.3. The van der Waals surface area contributed by atoms with Crippen molar-refractivity contribution >= 4 is 12.3 Å². The summed E-state index contributed by atoms with van der Waals surface area (Å²) in [5, 5.41) is 10.9. The molecule has 0 unspecified atom stereocenters. The van der Waals surface area contributed by atoms with Crippen LogP contribution in [-0.2, 0) is 22.6 Å². The molecule has 0 bridgehead atoms. The van der Waals surface area contributed by atoms with E-state index in [2.05, 4.69) is 52.0 Å². The van der Waals surface area contributed by atoms with Crippen molar-refractivity contribution in [2.24, 2.45) is 0 Å². The number of phenols is 1. The van der Waals surface area contributed by atoms with Gasteiger partial charge in [-0.15, -0.1) is 0 Å². The zero-order valence-electron chi connectivity index (χ0n) is 27.3. The molecule has 0 saturated heterocycles. The largest absolute Gasteiger partial charge is 0.507 e. The van der Waals surface area contributed by atoms with Crippen LogP contribution in [0.4, 0.5) is 0 Å². The van der Waals surface area contributed by atoms with Crippen molar-refractivity contribution in [2.75, 3.05) is 7.11 Å². The van der Waals surface area contributed by atoms with Gasteiger partial charge >= 0.3 is 5.97 Å². The third-order valence-corrected chi connectivity index (χ3v) is 7.60. The van der Waals surface area contributed by atoms with Crippen molar-refractivity contribution in [1.82, 2.24) is 0 Å². The van der Waals surface area contributed by atoms with Crippen molar-refractivity contribution < 1.29 is 24.2 Å². The summed E-state index contributed by atoms with van der Waals surface area (Å²) >= 11 is 0. The molecule has 0 spiro atoms. The molecule has 236 valence electrons. The predicted octanol–water partition coefficient (Wildman–Crippen LogP) is 10.5. The molecule has 0 radical (unpaired) electrons. The monoisotopic (exact) mass is 582 g/mol. The van der Waals surface area contributed by atoms with E-state index in [-0.39, 0.29) is 23.9 Å². The van der Waals surface area contributed by atoms with E-state index in [4.69, 9.17) is 9.47 Å². The van der Waals surface area contributed by atoms with E-state index in [1.54, 1.807) is 6.07 Å². The minimum absolute atomic E-state index is 0.0697. The highest BCUT2D eigenvalue weighted by Gasteiger charge is 2.18. The molecule has 42 heavy (non-hydrogen) atoms. The lowest BCUT2D eigenvalue weighted by Gasteiger charge is -2.15. The fraction of sp³-hybridized carbons (Fsp3) is 0.622. The maximum Gasteiger partial charge on any atom is 0.306 e. The number of hydrogen-bond donors (Lipinski definition) is 1. The maximum absolute atomic E-state index is 12.3. The van der Waals surface area contributed by atoms with E-state index < -0.39 is 0 Å². The van der Waals surface area contributed by atoms with Gasteiger partial charge in [0.05, 0.1) is 12.7 Å². The van der Waals surface area contributed by atoms with Gasteiger partial charge in [-0.1, -0.05) is 93.7 Å². The molecule has 5 heteroatoms. The number of benzene rings is 1. The molecule has 0 fully saturated rings. The number of aldehydes is 1. The van der Waals surface area contributed by atoms with E-state index in [0.29, 0.717) is 36.0 Å². The van der Waals surface area contributed by atoms with Crippen LogP contribution in [0.25, 0.3) is 0 Å². The van der Waals surface area contributed by atoms with Gasteiger partial charge in [0.2, 0.25) is 0 Å².